The number of H-pyrrole nitrogens is 1. The summed E-state index contributed by atoms with van der Waals surface area (Å²) in [6.07, 6.45) is -3.76. The third-order valence-corrected chi connectivity index (χ3v) is 3.04. The molecule has 2 aromatic heterocycles. The zero-order chi connectivity index (χ0) is 14.5. The molecule has 0 saturated heterocycles. The lowest BCUT2D eigenvalue weighted by Gasteiger charge is -2.12. The summed E-state index contributed by atoms with van der Waals surface area (Å²) in [7, 11) is 0. The second kappa shape index (κ2) is 4.17. The number of aromatic amines is 1. The maximum atomic E-state index is 13.3. The number of benzene rings is 1. The fraction of sp³-hybridized carbons (Fsp3) is 0.0833. The number of nitrogens with one attached hydrogen (secondary N) is 1. The normalized spacial score (nSPS) is 12.2. The largest absolute Gasteiger partial charge is 0.419 e. The Balaban J connectivity index is 2.65. The SMILES string of the molecule is O=c1[nH]cnc2c(C(F)(F)F)c3cc(Cl)ccc3nc12. The molecule has 0 aliphatic heterocycles. The highest BCUT2D eigenvalue weighted by molar-refractivity contribution is 6.31. The molecule has 4 nitrogen and oxygen atoms in total. The third kappa shape index (κ3) is 1.90. The zero-order valence-electron chi connectivity index (χ0n) is 9.62. The van der Waals surface area contributed by atoms with Gasteiger partial charge in [0.25, 0.3) is 5.56 Å². The van der Waals surface area contributed by atoms with Crippen LogP contribution in [0.4, 0.5) is 13.2 Å². The summed E-state index contributed by atoms with van der Waals surface area (Å²) in [6, 6.07) is 3.90. The fourth-order valence-corrected chi connectivity index (χ4v) is 2.19. The van der Waals surface area contributed by atoms with Crippen LogP contribution >= 0.6 is 11.6 Å². The summed E-state index contributed by atoms with van der Waals surface area (Å²) in [4.78, 5) is 21.4. The van der Waals surface area contributed by atoms with E-state index in [1.807, 2.05) is 0 Å². The first-order valence-corrected chi connectivity index (χ1v) is 5.79. The Labute approximate surface area is 114 Å². The minimum atomic E-state index is -4.68. The zero-order valence-corrected chi connectivity index (χ0v) is 10.4. The molecular formula is C12H5ClF3N3O. The van der Waals surface area contributed by atoms with Crippen molar-refractivity contribution in [3.05, 3.63) is 45.5 Å². The van der Waals surface area contributed by atoms with Crippen LogP contribution in [0.15, 0.2) is 29.3 Å². The molecule has 8 heteroatoms. The Kier molecular flexibility index (Phi) is 2.68. The van der Waals surface area contributed by atoms with Gasteiger partial charge >= 0.3 is 6.18 Å². The molecule has 3 aromatic rings. The van der Waals surface area contributed by atoms with E-state index in [1.54, 1.807) is 0 Å². The van der Waals surface area contributed by atoms with Gasteiger partial charge in [0, 0.05) is 10.4 Å². The van der Waals surface area contributed by atoms with E-state index < -0.39 is 22.8 Å². The minimum absolute atomic E-state index is 0.0349. The van der Waals surface area contributed by atoms with Gasteiger partial charge in [-0.3, -0.25) is 4.79 Å². The molecule has 3 rings (SSSR count). The van der Waals surface area contributed by atoms with Gasteiger partial charge in [-0.25, -0.2) is 9.97 Å². The van der Waals surface area contributed by atoms with Crippen LogP contribution in [-0.4, -0.2) is 15.0 Å². The molecule has 0 radical (unpaired) electrons. The number of rotatable bonds is 0. The van der Waals surface area contributed by atoms with Crippen molar-refractivity contribution in [1.82, 2.24) is 15.0 Å². The molecule has 0 atom stereocenters. The number of halogens is 4. The highest BCUT2D eigenvalue weighted by atomic mass is 35.5. The summed E-state index contributed by atoms with van der Waals surface area (Å²) >= 11 is 5.74. The lowest BCUT2D eigenvalue weighted by atomic mass is 10.1. The lowest BCUT2D eigenvalue weighted by molar-refractivity contribution is -0.135. The molecule has 0 spiro atoms. The summed E-state index contributed by atoms with van der Waals surface area (Å²) in [5.41, 5.74) is -2.54. The Hall–Kier alpha value is -2.15. The average molecular weight is 300 g/mol. The lowest BCUT2D eigenvalue weighted by Crippen LogP contribution is -2.14. The molecule has 1 N–H and O–H groups in total. The Morgan fingerprint density at radius 3 is 2.65 bits per heavy atom. The molecule has 1 aromatic carbocycles. The van der Waals surface area contributed by atoms with Crippen molar-refractivity contribution in [3.8, 4) is 0 Å². The Morgan fingerprint density at radius 2 is 1.95 bits per heavy atom. The van der Waals surface area contributed by atoms with Gasteiger partial charge in [-0.05, 0) is 18.2 Å². The van der Waals surface area contributed by atoms with E-state index in [9.17, 15) is 18.0 Å². The van der Waals surface area contributed by atoms with Crippen molar-refractivity contribution in [1.29, 1.82) is 0 Å². The number of nitrogens with zero attached hydrogens (tertiary/aromatic N) is 2. The standard InChI is InChI=1S/C12H5ClF3N3O/c13-5-1-2-7-6(3-5)8(12(14,15)16)9-10(19-7)11(20)18-4-17-9/h1-4H,(H,17,18,20). The molecule has 0 saturated carbocycles. The van der Waals surface area contributed by atoms with Gasteiger partial charge in [0.05, 0.1) is 17.4 Å². The topological polar surface area (TPSA) is 58.6 Å². The van der Waals surface area contributed by atoms with Crippen molar-refractivity contribution in [2.75, 3.05) is 0 Å². The van der Waals surface area contributed by atoms with Crippen molar-refractivity contribution < 1.29 is 13.2 Å². The van der Waals surface area contributed by atoms with Gasteiger partial charge in [0.1, 0.15) is 5.52 Å². The summed E-state index contributed by atoms with van der Waals surface area (Å²) in [5.74, 6) is 0. The minimum Gasteiger partial charge on any atom is -0.311 e. The highest BCUT2D eigenvalue weighted by Crippen LogP contribution is 2.38. The predicted octanol–water partition coefficient (Wildman–Crippen LogP) is 3.14. The fourth-order valence-electron chi connectivity index (χ4n) is 2.02. The molecule has 0 fully saturated rings. The van der Waals surface area contributed by atoms with Crippen LogP contribution in [-0.2, 0) is 6.18 Å². The van der Waals surface area contributed by atoms with Crippen LogP contribution in [0.3, 0.4) is 0 Å². The summed E-state index contributed by atoms with van der Waals surface area (Å²) < 4.78 is 39.9. The van der Waals surface area contributed by atoms with Crippen LogP contribution in [0.1, 0.15) is 5.56 Å². The molecule has 0 aliphatic carbocycles. The van der Waals surface area contributed by atoms with E-state index in [-0.39, 0.29) is 21.4 Å². The maximum Gasteiger partial charge on any atom is 0.419 e. The highest BCUT2D eigenvalue weighted by Gasteiger charge is 2.36. The van der Waals surface area contributed by atoms with E-state index in [0.29, 0.717) is 0 Å². The first-order chi connectivity index (χ1) is 9.38. The molecule has 0 aliphatic rings. The molecule has 0 bridgehead atoms. The molecule has 0 unspecified atom stereocenters. The third-order valence-electron chi connectivity index (χ3n) is 2.81. The van der Waals surface area contributed by atoms with E-state index in [0.717, 1.165) is 12.4 Å². The van der Waals surface area contributed by atoms with E-state index >= 15 is 0 Å². The van der Waals surface area contributed by atoms with Gasteiger partial charge < -0.3 is 4.98 Å². The van der Waals surface area contributed by atoms with E-state index in [2.05, 4.69) is 15.0 Å². The van der Waals surface area contributed by atoms with Crippen LogP contribution in [0.2, 0.25) is 5.02 Å². The summed E-state index contributed by atoms with van der Waals surface area (Å²) in [6.45, 7) is 0. The monoisotopic (exact) mass is 299 g/mol. The predicted molar refractivity (Wildman–Crippen MR) is 67.7 cm³/mol. The van der Waals surface area contributed by atoms with E-state index in [4.69, 9.17) is 11.6 Å². The van der Waals surface area contributed by atoms with E-state index in [1.165, 1.54) is 12.1 Å². The van der Waals surface area contributed by atoms with Crippen LogP contribution < -0.4 is 5.56 Å². The number of hydrogen-bond acceptors (Lipinski definition) is 3. The van der Waals surface area contributed by atoms with Crippen molar-refractivity contribution in [2.24, 2.45) is 0 Å². The molecule has 20 heavy (non-hydrogen) atoms. The molecule has 0 amide bonds. The maximum absolute atomic E-state index is 13.3. The molecule has 2 heterocycles. The Morgan fingerprint density at radius 1 is 1.20 bits per heavy atom. The van der Waals surface area contributed by atoms with Gasteiger partial charge in [-0.1, -0.05) is 11.6 Å². The van der Waals surface area contributed by atoms with Gasteiger partial charge in [-0.15, -0.1) is 0 Å². The average Bonchev–Trinajstić information content (AvgIpc) is 2.35. The van der Waals surface area contributed by atoms with Crippen LogP contribution in [0, 0.1) is 0 Å². The van der Waals surface area contributed by atoms with Gasteiger partial charge in [0.2, 0.25) is 0 Å². The first-order valence-electron chi connectivity index (χ1n) is 5.42. The van der Waals surface area contributed by atoms with Gasteiger partial charge in [-0.2, -0.15) is 13.2 Å². The van der Waals surface area contributed by atoms with Crippen molar-refractivity contribution >= 4 is 33.5 Å². The quantitative estimate of drug-likeness (QED) is 0.649. The number of aromatic nitrogens is 3. The second-order valence-corrected chi connectivity index (χ2v) is 4.51. The van der Waals surface area contributed by atoms with Crippen LogP contribution in [0.5, 0.6) is 0 Å². The molecule has 102 valence electrons. The number of pyridine rings is 1. The molecular weight excluding hydrogens is 295 g/mol. The van der Waals surface area contributed by atoms with Crippen LogP contribution in [0.25, 0.3) is 21.9 Å². The van der Waals surface area contributed by atoms with Crippen molar-refractivity contribution in [2.45, 2.75) is 6.18 Å². The smallest absolute Gasteiger partial charge is 0.311 e. The second-order valence-electron chi connectivity index (χ2n) is 4.07. The van der Waals surface area contributed by atoms with Crippen molar-refractivity contribution in [3.63, 3.8) is 0 Å². The number of hydrogen-bond donors (Lipinski definition) is 1. The first kappa shape index (κ1) is 12.9. The Bertz CT molecular complexity index is 889. The number of alkyl halides is 3. The summed E-state index contributed by atoms with van der Waals surface area (Å²) in [5, 5.41) is -0.0374. The van der Waals surface area contributed by atoms with Gasteiger partial charge in [0.15, 0.2) is 5.52 Å². The number of fused-ring (bicyclic) bond motifs is 2.